The first kappa shape index (κ1) is 8.49. The van der Waals surface area contributed by atoms with Gasteiger partial charge in [-0.15, -0.1) is 0 Å². The molecule has 1 nitrogen and oxygen atoms in total. The number of aryl methyl sites for hydroxylation is 1. The van der Waals surface area contributed by atoms with E-state index in [1.165, 1.54) is 11.1 Å². The van der Waals surface area contributed by atoms with E-state index in [0.717, 1.165) is 23.4 Å². The molecule has 1 aromatic rings. The van der Waals surface area contributed by atoms with E-state index in [0.29, 0.717) is 0 Å². The molecular formula is C9H15NSi. The zero-order chi connectivity index (χ0) is 8.10. The van der Waals surface area contributed by atoms with Gasteiger partial charge in [0.1, 0.15) is 0 Å². The maximum absolute atomic E-state index is 3.28. The molecule has 0 aliphatic carbocycles. The first-order valence-corrected chi connectivity index (χ1v) is 5.03. The van der Waals surface area contributed by atoms with Crippen molar-refractivity contribution in [1.29, 1.82) is 0 Å². The molecule has 0 fully saturated rings. The van der Waals surface area contributed by atoms with E-state index in [2.05, 4.69) is 36.2 Å². The molecule has 11 heavy (non-hydrogen) atoms. The molecule has 0 radical (unpaired) electrons. The van der Waals surface area contributed by atoms with Crippen LogP contribution in [-0.2, 0) is 6.42 Å². The highest BCUT2D eigenvalue weighted by Crippen LogP contribution is 2.06. The first-order chi connectivity index (χ1) is 5.34. The van der Waals surface area contributed by atoms with Gasteiger partial charge in [-0.2, -0.15) is 0 Å². The number of benzene rings is 1. The standard InChI is InChI=1S/C9H15NSi/c1-8-4-2-3-5-9(8)6-7-10-11/h2-5,10H,6-7H2,1,11H3. The van der Waals surface area contributed by atoms with Crippen LogP contribution < -0.4 is 4.98 Å². The summed E-state index contributed by atoms with van der Waals surface area (Å²) in [6.45, 7) is 3.29. The molecule has 1 aromatic carbocycles. The summed E-state index contributed by atoms with van der Waals surface area (Å²) < 4.78 is 0. The van der Waals surface area contributed by atoms with E-state index in [1.807, 2.05) is 0 Å². The van der Waals surface area contributed by atoms with E-state index in [1.54, 1.807) is 0 Å². The maximum Gasteiger partial charge on any atom is 0.0749 e. The second-order valence-electron chi connectivity index (χ2n) is 2.78. The van der Waals surface area contributed by atoms with Gasteiger partial charge in [0, 0.05) is 0 Å². The van der Waals surface area contributed by atoms with Crippen LogP contribution in [0, 0.1) is 6.92 Å². The molecule has 0 aromatic heterocycles. The van der Waals surface area contributed by atoms with Gasteiger partial charge in [-0.1, -0.05) is 24.3 Å². The van der Waals surface area contributed by atoms with Crippen molar-refractivity contribution in [3.63, 3.8) is 0 Å². The van der Waals surface area contributed by atoms with Crippen molar-refractivity contribution in [3.05, 3.63) is 35.4 Å². The minimum Gasteiger partial charge on any atom is -0.345 e. The number of hydrogen-bond acceptors (Lipinski definition) is 1. The van der Waals surface area contributed by atoms with Crippen LogP contribution in [0.4, 0.5) is 0 Å². The Morgan fingerprint density at radius 3 is 2.73 bits per heavy atom. The largest absolute Gasteiger partial charge is 0.345 e. The molecule has 0 bridgehead atoms. The summed E-state index contributed by atoms with van der Waals surface area (Å²) in [6.07, 6.45) is 1.16. The van der Waals surface area contributed by atoms with E-state index in [9.17, 15) is 0 Å². The molecule has 60 valence electrons. The van der Waals surface area contributed by atoms with Gasteiger partial charge in [0.15, 0.2) is 0 Å². The second-order valence-corrected chi connectivity index (χ2v) is 3.49. The predicted molar refractivity (Wildman–Crippen MR) is 52.8 cm³/mol. The average molecular weight is 165 g/mol. The van der Waals surface area contributed by atoms with Crippen LogP contribution in [0.3, 0.4) is 0 Å². The van der Waals surface area contributed by atoms with Crippen LogP contribution in [-0.4, -0.2) is 16.9 Å². The van der Waals surface area contributed by atoms with Crippen LogP contribution in [0.2, 0.25) is 0 Å². The lowest BCUT2D eigenvalue weighted by molar-refractivity contribution is 0.891. The van der Waals surface area contributed by atoms with Gasteiger partial charge in [-0.25, -0.2) is 0 Å². The van der Waals surface area contributed by atoms with Gasteiger partial charge in [-0.05, 0) is 31.0 Å². The lowest BCUT2D eigenvalue weighted by Gasteiger charge is -2.03. The molecular weight excluding hydrogens is 150 g/mol. The number of hydrogen-bond donors (Lipinski definition) is 1. The van der Waals surface area contributed by atoms with Gasteiger partial charge in [0.05, 0.1) is 10.4 Å². The highest BCUT2D eigenvalue weighted by molar-refractivity contribution is 6.04. The molecule has 1 rings (SSSR count). The highest BCUT2D eigenvalue weighted by atomic mass is 28.2. The van der Waals surface area contributed by atoms with Gasteiger partial charge >= 0.3 is 0 Å². The summed E-state index contributed by atoms with van der Waals surface area (Å²) in [7, 11) is 1.10. The summed E-state index contributed by atoms with van der Waals surface area (Å²) in [4.78, 5) is 3.28. The Morgan fingerprint density at radius 2 is 2.09 bits per heavy atom. The topological polar surface area (TPSA) is 12.0 Å². The number of rotatable bonds is 3. The number of nitrogens with one attached hydrogen (secondary N) is 1. The quantitative estimate of drug-likeness (QED) is 0.640. The smallest absolute Gasteiger partial charge is 0.0749 e. The fraction of sp³-hybridized carbons (Fsp3) is 0.333. The highest BCUT2D eigenvalue weighted by Gasteiger charge is 1.93. The fourth-order valence-electron chi connectivity index (χ4n) is 1.15. The van der Waals surface area contributed by atoms with Crippen molar-refractivity contribution in [2.75, 3.05) is 6.54 Å². The molecule has 0 spiro atoms. The lowest BCUT2D eigenvalue weighted by atomic mass is 10.1. The Morgan fingerprint density at radius 1 is 1.36 bits per heavy atom. The average Bonchev–Trinajstić information content (AvgIpc) is 2.03. The third kappa shape index (κ3) is 2.48. The Balaban J connectivity index is 2.62. The third-order valence-electron chi connectivity index (χ3n) is 1.91. The van der Waals surface area contributed by atoms with Crippen LogP contribution in [0.5, 0.6) is 0 Å². The monoisotopic (exact) mass is 165 g/mol. The predicted octanol–water partition coefficient (Wildman–Crippen LogP) is 0.408. The van der Waals surface area contributed by atoms with E-state index < -0.39 is 0 Å². The van der Waals surface area contributed by atoms with Crippen molar-refractivity contribution in [3.8, 4) is 0 Å². The molecule has 0 unspecified atom stereocenters. The molecule has 0 aliphatic heterocycles. The molecule has 2 heteroatoms. The molecule has 0 heterocycles. The van der Waals surface area contributed by atoms with E-state index in [4.69, 9.17) is 0 Å². The van der Waals surface area contributed by atoms with Gasteiger partial charge in [0.2, 0.25) is 0 Å². The Hall–Kier alpha value is -0.603. The zero-order valence-corrected chi connectivity index (χ0v) is 9.22. The zero-order valence-electron chi connectivity index (χ0n) is 7.22. The van der Waals surface area contributed by atoms with Crippen molar-refractivity contribution in [2.45, 2.75) is 13.3 Å². The van der Waals surface area contributed by atoms with E-state index in [-0.39, 0.29) is 0 Å². The first-order valence-electron chi connectivity index (χ1n) is 4.03. The Bertz CT molecular complexity index is 223. The Kier molecular flexibility index (Phi) is 3.33. The van der Waals surface area contributed by atoms with Crippen LogP contribution in [0.25, 0.3) is 0 Å². The maximum atomic E-state index is 3.28. The van der Waals surface area contributed by atoms with E-state index >= 15 is 0 Å². The summed E-state index contributed by atoms with van der Waals surface area (Å²) in [5.74, 6) is 0. The molecule has 0 saturated carbocycles. The molecule has 0 amide bonds. The van der Waals surface area contributed by atoms with Gasteiger partial charge < -0.3 is 4.98 Å². The van der Waals surface area contributed by atoms with Crippen molar-refractivity contribution in [1.82, 2.24) is 4.98 Å². The second kappa shape index (κ2) is 4.31. The minimum absolute atomic E-state index is 1.10. The summed E-state index contributed by atoms with van der Waals surface area (Å²) in [6, 6.07) is 8.57. The molecule has 0 atom stereocenters. The third-order valence-corrected chi connectivity index (χ3v) is 2.41. The van der Waals surface area contributed by atoms with Crippen molar-refractivity contribution < 1.29 is 0 Å². The van der Waals surface area contributed by atoms with Gasteiger partial charge in [0.25, 0.3) is 0 Å². The van der Waals surface area contributed by atoms with Crippen LogP contribution in [0.15, 0.2) is 24.3 Å². The lowest BCUT2D eigenvalue weighted by Crippen LogP contribution is -2.12. The summed E-state index contributed by atoms with van der Waals surface area (Å²) >= 11 is 0. The van der Waals surface area contributed by atoms with Crippen LogP contribution >= 0.6 is 0 Å². The molecule has 0 saturated heterocycles. The molecule has 0 aliphatic rings. The Labute approximate surface area is 71.3 Å². The summed E-state index contributed by atoms with van der Waals surface area (Å²) in [5.41, 5.74) is 2.88. The fourth-order valence-corrected chi connectivity index (χ4v) is 1.40. The molecule has 1 N–H and O–H groups in total. The van der Waals surface area contributed by atoms with Crippen molar-refractivity contribution in [2.24, 2.45) is 0 Å². The summed E-state index contributed by atoms with van der Waals surface area (Å²) in [5, 5.41) is 0. The van der Waals surface area contributed by atoms with Gasteiger partial charge in [-0.3, -0.25) is 0 Å². The van der Waals surface area contributed by atoms with Crippen molar-refractivity contribution >= 4 is 10.4 Å². The normalized spacial score (nSPS) is 10.3. The minimum atomic E-state index is 1.10. The SMILES string of the molecule is Cc1ccccc1CCN[SiH3]. The van der Waals surface area contributed by atoms with Crippen LogP contribution in [0.1, 0.15) is 11.1 Å².